The van der Waals surface area contributed by atoms with Gasteiger partial charge in [-0.1, -0.05) is 44.2 Å². The highest BCUT2D eigenvalue weighted by molar-refractivity contribution is 5.13. The summed E-state index contributed by atoms with van der Waals surface area (Å²) in [5.41, 5.74) is 1.15. The first-order valence-corrected chi connectivity index (χ1v) is 7.68. The summed E-state index contributed by atoms with van der Waals surface area (Å²) in [5.74, 6) is 0.232. The molecule has 2 N–H and O–H groups in total. The van der Waals surface area contributed by atoms with Crippen LogP contribution in [-0.4, -0.2) is 41.7 Å². The van der Waals surface area contributed by atoms with Crippen molar-refractivity contribution < 1.29 is 19.7 Å². The molecule has 21 heavy (non-hydrogen) atoms. The van der Waals surface area contributed by atoms with Crippen molar-refractivity contribution in [1.29, 1.82) is 0 Å². The Kier molecular flexibility index (Phi) is 6.18. The summed E-state index contributed by atoms with van der Waals surface area (Å²) in [7, 11) is 0. The highest BCUT2D eigenvalue weighted by atomic mass is 16.5. The third kappa shape index (κ3) is 4.51. The Morgan fingerprint density at radius 3 is 2.71 bits per heavy atom. The normalized spacial score (nSPS) is 31.0. The Morgan fingerprint density at radius 1 is 1.33 bits per heavy atom. The third-order valence-electron chi connectivity index (χ3n) is 4.24. The molecule has 0 saturated carbocycles. The fraction of sp³-hybridized carbons (Fsp3) is 0.647. The first-order chi connectivity index (χ1) is 10.1. The molecule has 1 heterocycles. The molecular weight excluding hydrogens is 268 g/mol. The van der Waals surface area contributed by atoms with Crippen LogP contribution in [0.25, 0.3) is 0 Å². The molecule has 0 bridgehead atoms. The molecule has 4 nitrogen and oxygen atoms in total. The lowest BCUT2D eigenvalue weighted by Gasteiger charge is -2.40. The molecular formula is C17H26O4. The van der Waals surface area contributed by atoms with Crippen LogP contribution in [0, 0.1) is 11.8 Å². The van der Waals surface area contributed by atoms with Crippen LogP contribution >= 0.6 is 0 Å². The number of rotatable bonds is 6. The maximum absolute atomic E-state index is 10.1. The van der Waals surface area contributed by atoms with Gasteiger partial charge in [-0.3, -0.25) is 0 Å². The van der Waals surface area contributed by atoms with Crippen LogP contribution in [0.1, 0.15) is 25.8 Å². The molecule has 0 amide bonds. The van der Waals surface area contributed by atoms with E-state index in [2.05, 4.69) is 6.92 Å². The number of hydrogen-bond acceptors (Lipinski definition) is 4. The zero-order valence-corrected chi connectivity index (χ0v) is 12.8. The molecule has 1 saturated heterocycles. The maximum atomic E-state index is 10.1. The van der Waals surface area contributed by atoms with E-state index in [0.29, 0.717) is 19.6 Å². The van der Waals surface area contributed by atoms with Crippen molar-refractivity contribution in [3.05, 3.63) is 35.9 Å². The average molecular weight is 294 g/mol. The monoisotopic (exact) mass is 294 g/mol. The number of benzene rings is 1. The Hall–Kier alpha value is -0.940. The molecule has 0 aliphatic carbocycles. The van der Waals surface area contributed by atoms with Crippen molar-refractivity contribution in [2.45, 2.75) is 45.2 Å². The molecule has 4 heteroatoms. The lowest BCUT2D eigenvalue weighted by atomic mass is 9.84. The van der Waals surface area contributed by atoms with Gasteiger partial charge >= 0.3 is 0 Å². The van der Waals surface area contributed by atoms with Gasteiger partial charge in [-0.15, -0.1) is 0 Å². The van der Waals surface area contributed by atoms with Gasteiger partial charge in [-0.25, -0.2) is 0 Å². The van der Waals surface area contributed by atoms with Crippen LogP contribution in [0.2, 0.25) is 0 Å². The average Bonchev–Trinajstić information content (AvgIpc) is 2.50. The molecule has 0 unspecified atom stereocenters. The van der Waals surface area contributed by atoms with Crippen molar-refractivity contribution >= 4 is 0 Å². The van der Waals surface area contributed by atoms with Crippen molar-refractivity contribution in [2.24, 2.45) is 11.8 Å². The molecule has 0 aromatic heterocycles. The van der Waals surface area contributed by atoms with Gasteiger partial charge < -0.3 is 19.7 Å². The van der Waals surface area contributed by atoms with Gasteiger partial charge in [0, 0.05) is 18.3 Å². The predicted molar refractivity (Wildman–Crippen MR) is 80.8 cm³/mol. The lowest BCUT2D eigenvalue weighted by molar-refractivity contribution is -0.166. The van der Waals surface area contributed by atoms with Crippen molar-refractivity contribution in [2.75, 3.05) is 13.2 Å². The Labute approximate surface area is 126 Å². The van der Waals surface area contributed by atoms with Gasteiger partial charge in [-0.2, -0.15) is 0 Å². The van der Waals surface area contributed by atoms with Crippen molar-refractivity contribution in [1.82, 2.24) is 0 Å². The molecule has 1 aromatic carbocycles. The van der Waals surface area contributed by atoms with E-state index < -0.39 is 6.10 Å². The maximum Gasteiger partial charge on any atom is 0.0834 e. The van der Waals surface area contributed by atoms with E-state index >= 15 is 0 Å². The van der Waals surface area contributed by atoms with Crippen LogP contribution in [-0.2, 0) is 16.1 Å². The first kappa shape index (κ1) is 16.4. The van der Waals surface area contributed by atoms with Gasteiger partial charge in [0.2, 0.25) is 0 Å². The van der Waals surface area contributed by atoms with E-state index in [4.69, 9.17) is 9.47 Å². The summed E-state index contributed by atoms with van der Waals surface area (Å²) in [6.45, 7) is 5.18. The lowest BCUT2D eigenvalue weighted by Crippen LogP contribution is -2.47. The molecule has 1 aromatic rings. The fourth-order valence-electron chi connectivity index (χ4n) is 2.91. The van der Waals surface area contributed by atoms with Gasteiger partial charge in [0.25, 0.3) is 0 Å². The highest BCUT2D eigenvalue weighted by Crippen LogP contribution is 2.30. The van der Waals surface area contributed by atoms with Gasteiger partial charge in [0.15, 0.2) is 0 Å². The smallest absolute Gasteiger partial charge is 0.0834 e. The molecule has 118 valence electrons. The topological polar surface area (TPSA) is 58.9 Å². The molecule has 1 fully saturated rings. The van der Waals surface area contributed by atoms with E-state index in [1.54, 1.807) is 0 Å². The number of aliphatic hydroxyl groups excluding tert-OH is 2. The van der Waals surface area contributed by atoms with Gasteiger partial charge in [0.05, 0.1) is 38.1 Å². The van der Waals surface area contributed by atoms with Crippen LogP contribution < -0.4 is 0 Å². The standard InChI is InChI=1S/C17H26O4/c1-12(10-20-11-14-6-4-3-5-7-14)17-13(2)16(19)8-15(9-18)21-17/h3-7,12-13,15-19H,8-11H2,1-2H3/t12-,13+,15-,16-,17-/m0/s1. The summed E-state index contributed by atoms with van der Waals surface area (Å²) in [4.78, 5) is 0. The van der Waals surface area contributed by atoms with Crippen LogP contribution in [0.15, 0.2) is 30.3 Å². The summed E-state index contributed by atoms with van der Waals surface area (Å²) in [5, 5.41) is 19.3. The summed E-state index contributed by atoms with van der Waals surface area (Å²) in [6, 6.07) is 10.1. The van der Waals surface area contributed by atoms with E-state index in [9.17, 15) is 10.2 Å². The quantitative estimate of drug-likeness (QED) is 0.842. The minimum absolute atomic E-state index is 0.0438. The van der Waals surface area contributed by atoms with Crippen molar-refractivity contribution in [3.8, 4) is 0 Å². The second-order valence-corrected chi connectivity index (χ2v) is 6.05. The second-order valence-electron chi connectivity index (χ2n) is 6.05. The van der Waals surface area contributed by atoms with E-state index in [0.717, 1.165) is 5.56 Å². The Bertz CT molecular complexity index is 409. The zero-order valence-electron chi connectivity index (χ0n) is 12.8. The zero-order chi connectivity index (χ0) is 15.2. The minimum Gasteiger partial charge on any atom is -0.394 e. The summed E-state index contributed by atoms with van der Waals surface area (Å²) >= 11 is 0. The molecule has 0 radical (unpaired) electrons. The number of ether oxygens (including phenoxy) is 2. The van der Waals surface area contributed by atoms with Crippen LogP contribution in [0.5, 0.6) is 0 Å². The summed E-state index contributed by atoms with van der Waals surface area (Å²) < 4.78 is 11.7. The highest BCUT2D eigenvalue weighted by Gasteiger charge is 2.37. The Balaban J connectivity index is 1.82. The van der Waals surface area contributed by atoms with E-state index in [1.165, 1.54) is 0 Å². The molecule has 1 aliphatic rings. The SMILES string of the molecule is C[C@H]1[C@H]([C@@H](C)COCc2ccccc2)O[C@H](CO)C[C@@H]1O. The number of aliphatic hydroxyl groups is 2. The van der Waals surface area contributed by atoms with Crippen LogP contribution in [0.4, 0.5) is 0 Å². The fourth-order valence-corrected chi connectivity index (χ4v) is 2.91. The second kappa shape index (κ2) is 7.90. The molecule has 2 rings (SSSR count). The van der Waals surface area contributed by atoms with E-state index in [-0.39, 0.29) is 30.7 Å². The molecule has 0 spiro atoms. The predicted octanol–water partition coefficient (Wildman–Crippen LogP) is 1.99. The number of hydrogen-bond donors (Lipinski definition) is 2. The summed E-state index contributed by atoms with van der Waals surface area (Å²) in [6.07, 6.45) is -0.261. The minimum atomic E-state index is -0.419. The van der Waals surface area contributed by atoms with Gasteiger partial charge in [0.1, 0.15) is 0 Å². The third-order valence-corrected chi connectivity index (χ3v) is 4.24. The van der Waals surface area contributed by atoms with E-state index in [1.807, 2.05) is 37.3 Å². The first-order valence-electron chi connectivity index (χ1n) is 7.68. The van der Waals surface area contributed by atoms with Gasteiger partial charge in [-0.05, 0) is 5.56 Å². The van der Waals surface area contributed by atoms with Crippen LogP contribution in [0.3, 0.4) is 0 Å². The molecule has 1 aliphatic heterocycles. The Morgan fingerprint density at radius 2 is 2.05 bits per heavy atom. The largest absolute Gasteiger partial charge is 0.394 e. The molecule has 5 atom stereocenters. The van der Waals surface area contributed by atoms with Crippen molar-refractivity contribution in [3.63, 3.8) is 0 Å².